The number of hydrogen-bond acceptors (Lipinski definition) is 2. The zero-order valence-corrected chi connectivity index (χ0v) is 11.2. The molecule has 1 aromatic rings. The zero-order valence-electron chi connectivity index (χ0n) is 9.64. The second-order valence-electron chi connectivity index (χ2n) is 3.68. The molecule has 0 bridgehead atoms. The van der Waals surface area contributed by atoms with E-state index in [-0.39, 0.29) is 5.91 Å². The van der Waals surface area contributed by atoms with Gasteiger partial charge in [-0.3, -0.25) is 4.79 Å². The Morgan fingerprint density at radius 3 is 2.81 bits per heavy atom. The van der Waals surface area contributed by atoms with Gasteiger partial charge in [-0.15, -0.1) is 0 Å². The van der Waals surface area contributed by atoms with E-state index < -0.39 is 0 Å². The van der Waals surface area contributed by atoms with E-state index in [2.05, 4.69) is 51.7 Å². The lowest BCUT2D eigenvalue weighted by Crippen LogP contribution is -2.24. The molecule has 16 heavy (non-hydrogen) atoms. The third-order valence-electron chi connectivity index (χ3n) is 2.37. The van der Waals surface area contributed by atoms with Crippen molar-refractivity contribution in [2.45, 2.75) is 19.9 Å². The average molecular weight is 285 g/mol. The third kappa shape index (κ3) is 4.33. The quantitative estimate of drug-likeness (QED) is 0.812. The molecular weight excluding hydrogens is 268 g/mol. The van der Waals surface area contributed by atoms with Crippen molar-refractivity contribution in [3.8, 4) is 0 Å². The van der Waals surface area contributed by atoms with Crippen molar-refractivity contribution >= 4 is 21.8 Å². The number of rotatable bonds is 5. The van der Waals surface area contributed by atoms with Gasteiger partial charge in [-0.1, -0.05) is 28.1 Å². The minimum Gasteiger partial charge on any atom is -0.359 e. The van der Waals surface area contributed by atoms with Crippen molar-refractivity contribution in [1.82, 2.24) is 10.6 Å². The molecule has 0 radical (unpaired) electrons. The molecule has 0 aliphatic heterocycles. The SMILES string of the molecule is CNC(=O)CCNCc1ccc(C)c(Br)c1. The summed E-state index contributed by atoms with van der Waals surface area (Å²) in [4.78, 5) is 11.0. The molecule has 0 aliphatic rings. The first kappa shape index (κ1) is 13.2. The second-order valence-corrected chi connectivity index (χ2v) is 4.54. The van der Waals surface area contributed by atoms with Crippen LogP contribution in [0.5, 0.6) is 0 Å². The molecule has 3 nitrogen and oxygen atoms in total. The highest BCUT2D eigenvalue weighted by Crippen LogP contribution is 2.17. The molecule has 0 fully saturated rings. The third-order valence-corrected chi connectivity index (χ3v) is 3.23. The van der Waals surface area contributed by atoms with Crippen LogP contribution < -0.4 is 10.6 Å². The van der Waals surface area contributed by atoms with E-state index >= 15 is 0 Å². The molecular formula is C12H17BrN2O. The Balaban J connectivity index is 2.32. The summed E-state index contributed by atoms with van der Waals surface area (Å²) in [5.74, 6) is 0.0672. The number of hydrogen-bond donors (Lipinski definition) is 2. The van der Waals surface area contributed by atoms with Crippen LogP contribution in [0.25, 0.3) is 0 Å². The minimum absolute atomic E-state index is 0.0672. The van der Waals surface area contributed by atoms with E-state index in [0.717, 1.165) is 11.0 Å². The molecule has 0 saturated carbocycles. The van der Waals surface area contributed by atoms with E-state index in [0.29, 0.717) is 13.0 Å². The monoisotopic (exact) mass is 284 g/mol. The molecule has 4 heteroatoms. The van der Waals surface area contributed by atoms with Gasteiger partial charge in [0.25, 0.3) is 0 Å². The van der Waals surface area contributed by atoms with E-state index in [1.807, 2.05) is 0 Å². The Labute approximate surface area is 105 Å². The van der Waals surface area contributed by atoms with Crippen molar-refractivity contribution in [1.29, 1.82) is 0 Å². The lowest BCUT2D eigenvalue weighted by atomic mass is 10.1. The van der Waals surface area contributed by atoms with Crippen LogP contribution in [0.4, 0.5) is 0 Å². The number of nitrogens with one attached hydrogen (secondary N) is 2. The first-order valence-electron chi connectivity index (χ1n) is 5.30. The summed E-state index contributed by atoms with van der Waals surface area (Å²) in [7, 11) is 1.65. The fraction of sp³-hybridized carbons (Fsp3) is 0.417. The van der Waals surface area contributed by atoms with Gasteiger partial charge in [-0.25, -0.2) is 0 Å². The standard InChI is InChI=1S/C12H17BrN2O/c1-9-3-4-10(7-11(9)13)8-15-6-5-12(16)14-2/h3-4,7,15H,5-6,8H2,1-2H3,(H,14,16). The van der Waals surface area contributed by atoms with Gasteiger partial charge in [0.1, 0.15) is 0 Å². The second kappa shape index (κ2) is 6.66. The van der Waals surface area contributed by atoms with Crippen molar-refractivity contribution in [3.05, 3.63) is 33.8 Å². The van der Waals surface area contributed by atoms with E-state index in [4.69, 9.17) is 0 Å². The van der Waals surface area contributed by atoms with Gasteiger partial charge in [0, 0.05) is 31.0 Å². The number of carbonyl (C=O) groups is 1. The molecule has 0 unspecified atom stereocenters. The summed E-state index contributed by atoms with van der Waals surface area (Å²) in [6, 6.07) is 6.27. The highest BCUT2D eigenvalue weighted by atomic mass is 79.9. The van der Waals surface area contributed by atoms with Crippen molar-refractivity contribution in [3.63, 3.8) is 0 Å². The topological polar surface area (TPSA) is 41.1 Å². The largest absolute Gasteiger partial charge is 0.359 e. The van der Waals surface area contributed by atoms with Gasteiger partial charge in [0.2, 0.25) is 5.91 Å². The van der Waals surface area contributed by atoms with Crippen LogP contribution in [0.15, 0.2) is 22.7 Å². The fourth-order valence-corrected chi connectivity index (χ4v) is 1.73. The van der Waals surface area contributed by atoms with E-state index in [9.17, 15) is 4.79 Å². The maximum Gasteiger partial charge on any atom is 0.221 e. The van der Waals surface area contributed by atoms with Crippen LogP contribution in [0.2, 0.25) is 0 Å². The van der Waals surface area contributed by atoms with Crippen LogP contribution in [0.3, 0.4) is 0 Å². The Kier molecular flexibility index (Phi) is 5.49. The Morgan fingerprint density at radius 1 is 1.44 bits per heavy atom. The predicted octanol–water partition coefficient (Wildman–Crippen LogP) is 1.98. The number of carbonyl (C=O) groups excluding carboxylic acids is 1. The summed E-state index contributed by atoms with van der Waals surface area (Å²) in [6.07, 6.45) is 0.517. The summed E-state index contributed by atoms with van der Waals surface area (Å²) < 4.78 is 1.12. The average Bonchev–Trinajstić information content (AvgIpc) is 2.28. The van der Waals surface area contributed by atoms with Crippen LogP contribution in [0, 0.1) is 6.92 Å². The van der Waals surface area contributed by atoms with Gasteiger partial charge in [0.15, 0.2) is 0 Å². The summed E-state index contributed by atoms with van der Waals surface area (Å²) in [5, 5.41) is 5.83. The minimum atomic E-state index is 0.0672. The molecule has 0 atom stereocenters. The van der Waals surface area contributed by atoms with Crippen LogP contribution >= 0.6 is 15.9 Å². The van der Waals surface area contributed by atoms with Crippen LogP contribution in [-0.2, 0) is 11.3 Å². The summed E-state index contributed by atoms with van der Waals surface area (Å²) in [6.45, 7) is 3.55. The maximum atomic E-state index is 11.0. The van der Waals surface area contributed by atoms with E-state index in [1.165, 1.54) is 11.1 Å². The van der Waals surface area contributed by atoms with Gasteiger partial charge in [-0.2, -0.15) is 0 Å². The highest BCUT2D eigenvalue weighted by molar-refractivity contribution is 9.10. The normalized spacial score (nSPS) is 10.2. The van der Waals surface area contributed by atoms with Crippen molar-refractivity contribution < 1.29 is 4.79 Å². The van der Waals surface area contributed by atoms with E-state index in [1.54, 1.807) is 7.05 Å². The van der Waals surface area contributed by atoms with Gasteiger partial charge in [-0.05, 0) is 24.1 Å². The van der Waals surface area contributed by atoms with Gasteiger partial charge in [0.05, 0.1) is 0 Å². The molecule has 0 aromatic heterocycles. The molecule has 0 aliphatic carbocycles. The molecule has 1 rings (SSSR count). The molecule has 1 aromatic carbocycles. The van der Waals surface area contributed by atoms with Gasteiger partial charge < -0.3 is 10.6 Å². The fourth-order valence-electron chi connectivity index (χ4n) is 1.31. The van der Waals surface area contributed by atoms with Crippen LogP contribution in [0.1, 0.15) is 17.5 Å². The van der Waals surface area contributed by atoms with Crippen LogP contribution in [-0.4, -0.2) is 19.5 Å². The zero-order chi connectivity index (χ0) is 12.0. The molecule has 0 heterocycles. The predicted molar refractivity (Wildman–Crippen MR) is 69.3 cm³/mol. The van der Waals surface area contributed by atoms with Gasteiger partial charge >= 0.3 is 0 Å². The van der Waals surface area contributed by atoms with Crippen molar-refractivity contribution in [2.75, 3.05) is 13.6 Å². The lowest BCUT2D eigenvalue weighted by Gasteiger charge is -2.06. The Bertz CT molecular complexity index is 366. The summed E-state index contributed by atoms with van der Waals surface area (Å²) >= 11 is 3.50. The van der Waals surface area contributed by atoms with Crippen molar-refractivity contribution in [2.24, 2.45) is 0 Å². The molecule has 88 valence electrons. The molecule has 0 saturated heterocycles. The molecule has 1 amide bonds. The highest BCUT2D eigenvalue weighted by Gasteiger charge is 1.99. The lowest BCUT2D eigenvalue weighted by molar-refractivity contribution is -0.120. The smallest absolute Gasteiger partial charge is 0.221 e. The molecule has 0 spiro atoms. The molecule has 2 N–H and O–H groups in total. The number of amides is 1. The number of benzene rings is 1. The first-order valence-corrected chi connectivity index (χ1v) is 6.09. The number of aryl methyl sites for hydroxylation is 1. The summed E-state index contributed by atoms with van der Waals surface area (Å²) in [5.41, 5.74) is 2.45. The number of halogens is 1. The Morgan fingerprint density at radius 2 is 2.19 bits per heavy atom. The Hall–Kier alpha value is -0.870. The maximum absolute atomic E-state index is 11.0. The first-order chi connectivity index (χ1) is 7.63.